The van der Waals surface area contributed by atoms with Crippen molar-refractivity contribution in [2.45, 2.75) is 39.3 Å². The van der Waals surface area contributed by atoms with Gasteiger partial charge in [0.2, 0.25) is 0 Å². The van der Waals surface area contributed by atoms with Crippen LogP contribution < -0.4 is 10.1 Å². The molecule has 1 aromatic carbocycles. The van der Waals surface area contributed by atoms with Crippen LogP contribution in [0.15, 0.2) is 23.6 Å². The number of aromatic nitrogens is 1. The Bertz CT molecular complexity index is 621. The van der Waals surface area contributed by atoms with Gasteiger partial charge in [0.15, 0.2) is 0 Å². The lowest BCUT2D eigenvalue weighted by molar-refractivity contribution is 0.0682. The molecule has 4 nitrogen and oxygen atoms in total. The summed E-state index contributed by atoms with van der Waals surface area (Å²) in [5.41, 5.74) is 3.27. The van der Waals surface area contributed by atoms with Crippen molar-refractivity contribution in [3.63, 3.8) is 0 Å². The molecule has 5 heteroatoms. The first-order valence-corrected chi connectivity index (χ1v) is 8.58. The number of thiazole rings is 1. The van der Waals surface area contributed by atoms with Crippen LogP contribution in [0.3, 0.4) is 0 Å². The van der Waals surface area contributed by atoms with E-state index in [0.29, 0.717) is 6.61 Å². The minimum atomic E-state index is 0.231. The van der Waals surface area contributed by atoms with Crippen molar-refractivity contribution in [2.24, 2.45) is 0 Å². The first-order valence-electron chi connectivity index (χ1n) is 7.70. The normalized spacial score (nSPS) is 17.6. The smallest absolute Gasteiger partial charge is 0.142 e. The van der Waals surface area contributed by atoms with Crippen LogP contribution in [0.25, 0.3) is 0 Å². The van der Waals surface area contributed by atoms with Gasteiger partial charge in [-0.2, -0.15) is 0 Å². The van der Waals surface area contributed by atoms with Crippen LogP contribution in [-0.2, 0) is 11.3 Å². The van der Waals surface area contributed by atoms with Gasteiger partial charge in [-0.05, 0) is 44.4 Å². The summed E-state index contributed by atoms with van der Waals surface area (Å²) in [5, 5.41) is 6.58. The zero-order valence-electron chi connectivity index (χ0n) is 13.1. The van der Waals surface area contributed by atoms with Crippen molar-refractivity contribution in [1.82, 2.24) is 4.98 Å². The highest BCUT2D eigenvalue weighted by molar-refractivity contribution is 7.09. The summed E-state index contributed by atoms with van der Waals surface area (Å²) in [6.07, 6.45) is 2.46. The average Bonchev–Trinajstić information content (AvgIpc) is 3.15. The predicted octanol–water partition coefficient (Wildman–Crippen LogP) is 3.93. The van der Waals surface area contributed by atoms with Crippen molar-refractivity contribution in [3.05, 3.63) is 39.8 Å². The van der Waals surface area contributed by atoms with Gasteiger partial charge in [-0.15, -0.1) is 11.3 Å². The topological polar surface area (TPSA) is 43.4 Å². The lowest BCUT2D eigenvalue weighted by Gasteiger charge is -2.16. The maximum atomic E-state index is 5.99. The number of nitrogens with one attached hydrogen (secondary N) is 1. The molecule has 1 unspecified atom stereocenters. The molecule has 0 spiro atoms. The minimum absolute atomic E-state index is 0.231. The van der Waals surface area contributed by atoms with Gasteiger partial charge < -0.3 is 14.8 Å². The second kappa shape index (κ2) is 7.11. The van der Waals surface area contributed by atoms with Gasteiger partial charge in [0.1, 0.15) is 17.4 Å². The van der Waals surface area contributed by atoms with Crippen LogP contribution >= 0.6 is 11.3 Å². The number of nitrogens with zero attached hydrogens (tertiary/aromatic N) is 1. The van der Waals surface area contributed by atoms with Gasteiger partial charge in [-0.1, -0.05) is 6.07 Å². The number of aryl methyl sites for hydroxylation is 2. The molecule has 2 aromatic rings. The number of anilines is 1. The van der Waals surface area contributed by atoms with Crippen molar-refractivity contribution in [3.8, 4) is 5.75 Å². The summed E-state index contributed by atoms with van der Waals surface area (Å²) in [6.45, 7) is 6.29. The minimum Gasteiger partial charge on any atom is -0.489 e. The molecular formula is C17H22N2O2S. The summed E-state index contributed by atoms with van der Waals surface area (Å²) in [6, 6.07) is 6.24. The first kappa shape index (κ1) is 15.3. The van der Waals surface area contributed by atoms with Crippen LogP contribution in [0.2, 0.25) is 0 Å². The summed E-state index contributed by atoms with van der Waals surface area (Å²) >= 11 is 1.68. The first-order chi connectivity index (χ1) is 10.7. The van der Waals surface area contributed by atoms with E-state index in [0.717, 1.165) is 48.1 Å². The fourth-order valence-electron chi connectivity index (χ4n) is 2.51. The fraction of sp³-hybridized carbons (Fsp3) is 0.471. The molecule has 1 atom stereocenters. The SMILES string of the molecule is Cc1ccc(NCc2nc(C)cs2)c(OCC2CCCO2)c1. The van der Waals surface area contributed by atoms with Gasteiger partial charge in [0, 0.05) is 17.7 Å². The van der Waals surface area contributed by atoms with Crippen LogP contribution in [0, 0.1) is 13.8 Å². The van der Waals surface area contributed by atoms with Gasteiger partial charge in [0.05, 0.1) is 18.3 Å². The highest BCUT2D eigenvalue weighted by Gasteiger charge is 2.17. The molecule has 1 aromatic heterocycles. The Balaban J connectivity index is 1.64. The number of ether oxygens (including phenoxy) is 2. The van der Waals surface area contributed by atoms with Crippen molar-refractivity contribution >= 4 is 17.0 Å². The quantitative estimate of drug-likeness (QED) is 0.876. The molecule has 3 rings (SSSR count). The van der Waals surface area contributed by atoms with E-state index >= 15 is 0 Å². The van der Waals surface area contributed by atoms with E-state index in [9.17, 15) is 0 Å². The van der Waals surface area contributed by atoms with Crippen molar-refractivity contribution < 1.29 is 9.47 Å². The third-order valence-electron chi connectivity index (χ3n) is 3.68. The zero-order valence-corrected chi connectivity index (χ0v) is 13.9. The number of rotatable bonds is 6. The van der Waals surface area contributed by atoms with E-state index in [4.69, 9.17) is 9.47 Å². The maximum Gasteiger partial charge on any atom is 0.142 e. The Morgan fingerprint density at radius 1 is 1.41 bits per heavy atom. The molecule has 0 bridgehead atoms. The van der Waals surface area contributed by atoms with Crippen LogP contribution in [0.4, 0.5) is 5.69 Å². The van der Waals surface area contributed by atoms with Gasteiger partial charge in [0.25, 0.3) is 0 Å². The van der Waals surface area contributed by atoms with Crippen LogP contribution in [0.1, 0.15) is 29.1 Å². The van der Waals surface area contributed by atoms with Crippen LogP contribution in [-0.4, -0.2) is 24.3 Å². The van der Waals surface area contributed by atoms with E-state index in [1.165, 1.54) is 5.56 Å². The molecule has 0 radical (unpaired) electrons. The Kier molecular flexibility index (Phi) is 4.95. The van der Waals surface area contributed by atoms with Gasteiger partial charge >= 0.3 is 0 Å². The molecule has 0 amide bonds. The van der Waals surface area contributed by atoms with Crippen molar-refractivity contribution in [1.29, 1.82) is 0 Å². The highest BCUT2D eigenvalue weighted by Crippen LogP contribution is 2.27. The largest absolute Gasteiger partial charge is 0.489 e. The molecule has 1 fully saturated rings. The standard InChI is InChI=1S/C17H22N2O2S/c1-12-5-6-15(18-9-17-19-13(2)11-22-17)16(8-12)21-10-14-4-3-7-20-14/h5-6,8,11,14,18H,3-4,7,9-10H2,1-2H3. The molecule has 1 aliphatic heterocycles. The third kappa shape index (κ3) is 3.99. The molecule has 2 heterocycles. The zero-order chi connectivity index (χ0) is 15.4. The lowest BCUT2D eigenvalue weighted by atomic mass is 10.2. The number of hydrogen-bond donors (Lipinski definition) is 1. The monoisotopic (exact) mass is 318 g/mol. The number of hydrogen-bond acceptors (Lipinski definition) is 5. The Morgan fingerprint density at radius 2 is 2.32 bits per heavy atom. The molecule has 1 N–H and O–H groups in total. The van der Waals surface area contributed by atoms with E-state index in [1.54, 1.807) is 11.3 Å². The van der Waals surface area contributed by atoms with Crippen molar-refractivity contribution in [2.75, 3.05) is 18.5 Å². The van der Waals surface area contributed by atoms with E-state index in [1.807, 2.05) is 6.92 Å². The molecule has 0 saturated carbocycles. The maximum absolute atomic E-state index is 5.99. The second-order valence-corrected chi connectivity index (χ2v) is 6.62. The average molecular weight is 318 g/mol. The Morgan fingerprint density at radius 3 is 3.05 bits per heavy atom. The second-order valence-electron chi connectivity index (χ2n) is 5.68. The fourth-order valence-corrected chi connectivity index (χ4v) is 3.22. The summed E-state index contributed by atoms with van der Waals surface area (Å²) < 4.78 is 11.6. The summed E-state index contributed by atoms with van der Waals surface area (Å²) in [4.78, 5) is 4.48. The lowest BCUT2D eigenvalue weighted by Crippen LogP contribution is -2.17. The van der Waals surface area contributed by atoms with E-state index < -0.39 is 0 Å². The Hall–Kier alpha value is -1.59. The molecule has 1 saturated heterocycles. The van der Waals surface area contributed by atoms with Gasteiger partial charge in [-0.25, -0.2) is 4.98 Å². The van der Waals surface area contributed by atoms with E-state index in [2.05, 4.69) is 40.8 Å². The summed E-state index contributed by atoms with van der Waals surface area (Å²) in [7, 11) is 0. The molecule has 118 valence electrons. The molecule has 0 aliphatic carbocycles. The van der Waals surface area contributed by atoms with E-state index in [-0.39, 0.29) is 6.10 Å². The van der Waals surface area contributed by atoms with Gasteiger partial charge in [-0.3, -0.25) is 0 Å². The molecule has 1 aliphatic rings. The van der Waals surface area contributed by atoms with Crippen LogP contribution in [0.5, 0.6) is 5.75 Å². The highest BCUT2D eigenvalue weighted by atomic mass is 32.1. The Labute approximate surface area is 135 Å². The summed E-state index contributed by atoms with van der Waals surface area (Å²) in [5.74, 6) is 0.892. The molecule has 22 heavy (non-hydrogen) atoms. The predicted molar refractivity (Wildman–Crippen MR) is 89.8 cm³/mol. The third-order valence-corrected chi connectivity index (χ3v) is 4.65. The number of benzene rings is 1. The molecular weight excluding hydrogens is 296 g/mol.